The van der Waals surface area contributed by atoms with Crippen LogP contribution < -0.4 is 5.56 Å². The van der Waals surface area contributed by atoms with Crippen LogP contribution in [-0.4, -0.2) is 32.1 Å². The fourth-order valence-corrected chi connectivity index (χ4v) is 3.71. The monoisotopic (exact) mass is 366 g/mol. The van der Waals surface area contributed by atoms with Gasteiger partial charge in [-0.3, -0.25) is 14.2 Å². The first kappa shape index (κ1) is 17.5. The minimum Gasteiger partial charge on any atom is -0.361 e. The smallest absolute Gasteiger partial charge is 0.261 e. The lowest BCUT2D eigenvalue weighted by Crippen LogP contribution is -2.39. The number of piperidine rings is 1. The van der Waals surface area contributed by atoms with Gasteiger partial charge in [-0.1, -0.05) is 17.3 Å². The number of hydrogen-bond acceptors (Lipinski definition) is 5. The van der Waals surface area contributed by atoms with Crippen LogP contribution in [-0.2, 0) is 11.3 Å². The highest BCUT2D eigenvalue weighted by atomic mass is 16.5. The highest BCUT2D eigenvalue weighted by Crippen LogP contribution is 2.31. The molecule has 1 atom stereocenters. The molecule has 1 fully saturated rings. The zero-order valence-electron chi connectivity index (χ0n) is 15.3. The standard InChI is InChI=1S/C20H22N4O3/c1-14-12-17(22-27-14)18-8-4-5-10-24(18)19(25)9-11-23-13-21-16-7-3-2-6-15(16)20(23)26/h2-3,6-7,12-13,18H,4-5,8-11H2,1H3/t18-/m1/s1. The summed E-state index contributed by atoms with van der Waals surface area (Å²) < 4.78 is 6.70. The molecule has 0 bridgehead atoms. The van der Waals surface area contributed by atoms with Crippen LogP contribution in [0.25, 0.3) is 10.9 Å². The van der Waals surface area contributed by atoms with Gasteiger partial charge in [-0.25, -0.2) is 4.98 Å². The van der Waals surface area contributed by atoms with E-state index >= 15 is 0 Å². The van der Waals surface area contributed by atoms with Crippen LogP contribution in [0.4, 0.5) is 0 Å². The first-order valence-corrected chi connectivity index (χ1v) is 9.30. The molecule has 27 heavy (non-hydrogen) atoms. The van der Waals surface area contributed by atoms with Gasteiger partial charge in [-0.05, 0) is 38.3 Å². The SMILES string of the molecule is Cc1cc([C@H]2CCCCN2C(=O)CCn2cnc3ccccc3c2=O)no1. The number of para-hydroxylation sites is 1. The van der Waals surface area contributed by atoms with E-state index in [0.29, 0.717) is 24.0 Å². The van der Waals surface area contributed by atoms with E-state index in [-0.39, 0.29) is 23.9 Å². The summed E-state index contributed by atoms with van der Waals surface area (Å²) in [5.41, 5.74) is 1.36. The molecular weight excluding hydrogens is 344 g/mol. The maximum Gasteiger partial charge on any atom is 0.261 e. The third kappa shape index (κ3) is 3.49. The van der Waals surface area contributed by atoms with Crippen molar-refractivity contribution in [3.05, 3.63) is 58.5 Å². The van der Waals surface area contributed by atoms with E-state index in [1.54, 1.807) is 6.07 Å². The molecule has 1 saturated heterocycles. The zero-order valence-corrected chi connectivity index (χ0v) is 15.3. The quantitative estimate of drug-likeness (QED) is 0.709. The maximum atomic E-state index is 12.9. The molecule has 7 nitrogen and oxygen atoms in total. The van der Waals surface area contributed by atoms with Crippen molar-refractivity contribution in [3.63, 3.8) is 0 Å². The molecule has 1 amide bonds. The molecule has 7 heteroatoms. The van der Waals surface area contributed by atoms with Crippen LogP contribution in [0.2, 0.25) is 0 Å². The number of aromatic nitrogens is 3. The van der Waals surface area contributed by atoms with Crippen molar-refractivity contribution >= 4 is 16.8 Å². The summed E-state index contributed by atoms with van der Waals surface area (Å²) in [6, 6.07) is 9.09. The maximum absolute atomic E-state index is 12.9. The number of aryl methyl sites for hydroxylation is 2. The van der Waals surface area contributed by atoms with Gasteiger partial charge in [0.15, 0.2) is 0 Å². The summed E-state index contributed by atoms with van der Waals surface area (Å²) in [6.45, 7) is 2.88. The van der Waals surface area contributed by atoms with E-state index in [1.807, 2.05) is 36.1 Å². The molecule has 3 aromatic rings. The second-order valence-electron chi connectivity index (χ2n) is 6.97. The minimum absolute atomic E-state index is 0.0282. The van der Waals surface area contributed by atoms with Crippen LogP contribution >= 0.6 is 0 Å². The van der Waals surface area contributed by atoms with E-state index in [4.69, 9.17) is 4.52 Å². The van der Waals surface area contributed by atoms with Crippen molar-refractivity contribution in [2.24, 2.45) is 0 Å². The largest absolute Gasteiger partial charge is 0.361 e. The second kappa shape index (κ2) is 7.34. The third-order valence-corrected chi connectivity index (χ3v) is 5.11. The molecule has 0 aliphatic carbocycles. The number of carbonyl (C=O) groups excluding carboxylic acids is 1. The van der Waals surface area contributed by atoms with Gasteiger partial charge in [0.25, 0.3) is 5.56 Å². The van der Waals surface area contributed by atoms with Gasteiger partial charge < -0.3 is 9.42 Å². The number of hydrogen-bond donors (Lipinski definition) is 0. The lowest BCUT2D eigenvalue weighted by Gasteiger charge is -2.34. The molecule has 0 N–H and O–H groups in total. The van der Waals surface area contributed by atoms with E-state index in [1.165, 1.54) is 10.9 Å². The Bertz CT molecular complexity index is 1020. The highest BCUT2D eigenvalue weighted by Gasteiger charge is 2.29. The molecule has 0 spiro atoms. The van der Waals surface area contributed by atoms with E-state index in [0.717, 1.165) is 30.7 Å². The Hall–Kier alpha value is -2.96. The van der Waals surface area contributed by atoms with Crippen molar-refractivity contribution in [2.75, 3.05) is 6.54 Å². The van der Waals surface area contributed by atoms with Crippen LogP contribution in [0, 0.1) is 6.92 Å². The normalized spacial score (nSPS) is 17.4. The number of rotatable bonds is 4. The summed E-state index contributed by atoms with van der Waals surface area (Å²) in [5, 5.41) is 4.68. The van der Waals surface area contributed by atoms with Crippen molar-refractivity contribution < 1.29 is 9.32 Å². The topological polar surface area (TPSA) is 81.2 Å². The fourth-order valence-electron chi connectivity index (χ4n) is 3.71. The van der Waals surface area contributed by atoms with Gasteiger partial charge >= 0.3 is 0 Å². The first-order chi connectivity index (χ1) is 13.1. The van der Waals surface area contributed by atoms with Gasteiger partial charge in [0, 0.05) is 25.6 Å². The van der Waals surface area contributed by atoms with Crippen LogP contribution in [0.5, 0.6) is 0 Å². The molecule has 1 aliphatic rings. The zero-order chi connectivity index (χ0) is 18.8. The van der Waals surface area contributed by atoms with Crippen molar-refractivity contribution in [3.8, 4) is 0 Å². The predicted molar refractivity (Wildman–Crippen MR) is 100 cm³/mol. The molecular formula is C20H22N4O3. The van der Waals surface area contributed by atoms with Crippen LogP contribution in [0.1, 0.15) is 43.2 Å². The molecule has 1 aliphatic heterocycles. The molecule has 0 radical (unpaired) electrons. The molecule has 3 heterocycles. The molecule has 140 valence electrons. The van der Waals surface area contributed by atoms with E-state index in [9.17, 15) is 9.59 Å². The number of benzene rings is 1. The van der Waals surface area contributed by atoms with Gasteiger partial charge in [0.05, 0.1) is 23.3 Å². The summed E-state index contributed by atoms with van der Waals surface area (Å²) >= 11 is 0. The third-order valence-electron chi connectivity index (χ3n) is 5.11. The number of amides is 1. The van der Waals surface area contributed by atoms with Crippen LogP contribution in [0.3, 0.4) is 0 Å². The van der Waals surface area contributed by atoms with Gasteiger partial charge in [-0.15, -0.1) is 0 Å². The first-order valence-electron chi connectivity index (χ1n) is 9.30. The van der Waals surface area contributed by atoms with Crippen molar-refractivity contribution in [2.45, 2.75) is 45.2 Å². The second-order valence-corrected chi connectivity index (χ2v) is 6.97. The Morgan fingerprint density at radius 2 is 2.15 bits per heavy atom. The minimum atomic E-state index is -0.115. The number of likely N-dealkylation sites (tertiary alicyclic amines) is 1. The molecule has 2 aromatic heterocycles. The lowest BCUT2D eigenvalue weighted by atomic mass is 9.98. The Morgan fingerprint density at radius 3 is 2.96 bits per heavy atom. The number of carbonyl (C=O) groups is 1. The Balaban J connectivity index is 1.50. The summed E-state index contributed by atoms with van der Waals surface area (Å²) in [5.74, 6) is 0.775. The number of fused-ring (bicyclic) bond motifs is 1. The Kier molecular flexibility index (Phi) is 4.75. The number of nitrogens with zero attached hydrogens (tertiary/aromatic N) is 4. The Morgan fingerprint density at radius 1 is 1.30 bits per heavy atom. The Labute approximate surface area is 156 Å². The van der Waals surface area contributed by atoms with Gasteiger partial charge in [-0.2, -0.15) is 0 Å². The lowest BCUT2D eigenvalue weighted by molar-refractivity contribution is -0.135. The predicted octanol–water partition coefficient (Wildman–Crippen LogP) is 2.84. The van der Waals surface area contributed by atoms with E-state index in [2.05, 4.69) is 10.1 Å². The van der Waals surface area contributed by atoms with Crippen molar-refractivity contribution in [1.82, 2.24) is 19.6 Å². The summed E-state index contributed by atoms with van der Waals surface area (Å²) in [7, 11) is 0. The summed E-state index contributed by atoms with van der Waals surface area (Å²) in [6.07, 6.45) is 4.71. The fraction of sp³-hybridized carbons (Fsp3) is 0.400. The molecule has 0 unspecified atom stereocenters. The van der Waals surface area contributed by atoms with Gasteiger partial charge in [0.1, 0.15) is 11.5 Å². The molecule has 0 saturated carbocycles. The van der Waals surface area contributed by atoms with E-state index < -0.39 is 0 Å². The highest BCUT2D eigenvalue weighted by molar-refractivity contribution is 5.78. The van der Waals surface area contributed by atoms with Gasteiger partial charge in [0.2, 0.25) is 5.91 Å². The molecule has 1 aromatic carbocycles. The average molecular weight is 366 g/mol. The van der Waals surface area contributed by atoms with Crippen molar-refractivity contribution in [1.29, 1.82) is 0 Å². The summed E-state index contributed by atoms with van der Waals surface area (Å²) in [4.78, 5) is 31.6. The molecule has 4 rings (SSSR count). The average Bonchev–Trinajstić information content (AvgIpc) is 3.14. The van der Waals surface area contributed by atoms with Crippen LogP contribution in [0.15, 0.2) is 46.0 Å².